The van der Waals surface area contributed by atoms with Gasteiger partial charge in [0.1, 0.15) is 5.69 Å². The quantitative estimate of drug-likeness (QED) is 0.396. The molecule has 0 fully saturated rings. The highest BCUT2D eigenvalue weighted by Gasteiger charge is 2.31. The summed E-state index contributed by atoms with van der Waals surface area (Å²) in [5.41, 5.74) is 2.41. The van der Waals surface area contributed by atoms with Crippen LogP contribution in [-0.4, -0.2) is 26.9 Å². The van der Waals surface area contributed by atoms with Crippen molar-refractivity contribution < 1.29 is 18.0 Å². The van der Waals surface area contributed by atoms with Gasteiger partial charge in [-0.15, -0.1) is 0 Å². The zero-order valence-electron chi connectivity index (χ0n) is 19.5. The molecule has 1 amide bonds. The Hall–Kier alpha value is -3.94. The molecule has 1 aliphatic heterocycles. The van der Waals surface area contributed by atoms with Gasteiger partial charge < -0.3 is 9.47 Å². The number of nitrogens with zero attached hydrogens (tertiary/aromatic N) is 3. The first kappa shape index (κ1) is 23.8. The van der Waals surface area contributed by atoms with Crippen LogP contribution in [0.2, 0.25) is 0 Å². The van der Waals surface area contributed by atoms with Crippen LogP contribution in [0.5, 0.6) is 0 Å². The zero-order valence-corrected chi connectivity index (χ0v) is 19.5. The summed E-state index contributed by atoms with van der Waals surface area (Å²) in [5, 5.41) is 0. The molecule has 36 heavy (non-hydrogen) atoms. The number of carbonyl (C=O) groups is 1. The monoisotopic (exact) mass is 491 g/mol. The second kappa shape index (κ2) is 9.60. The summed E-state index contributed by atoms with van der Waals surface area (Å²) in [5.74, 6) is -0.107. The van der Waals surface area contributed by atoms with Crippen LogP contribution in [0.4, 0.5) is 13.2 Å². The van der Waals surface area contributed by atoms with Crippen molar-refractivity contribution in [3.05, 3.63) is 111 Å². The van der Waals surface area contributed by atoms with Crippen molar-refractivity contribution in [2.45, 2.75) is 38.5 Å². The van der Waals surface area contributed by atoms with E-state index in [1.807, 2.05) is 48.5 Å². The van der Waals surface area contributed by atoms with Crippen molar-refractivity contribution in [2.75, 3.05) is 6.54 Å². The summed E-state index contributed by atoms with van der Waals surface area (Å²) in [6, 6.07) is 20.4. The van der Waals surface area contributed by atoms with Gasteiger partial charge in [0.25, 0.3) is 5.56 Å². The minimum absolute atomic E-state index is 0.0524. The van der Waals surface area contributed by atoms with Crippen LogP contribution < -0.4 is 5.56 Å². The molecule has 0 saturated carbocycles. The number of halogens is 3. The van der Waals surface area contributed by atoms with Crippen molar-refractivity contribution in [2.24, 2.45) is 0 Å². The first-order valence-electron chi connectivity index (χ1n) is 11.8. The average molecular weight is 492 g/mol. The number of aromatic nitrogens is 2. The average Bonchev–Trinajstić information content (AvgIpc) is 2.88. The Balaban J connectivity index is 1.45. The minimum atomic E-state index is -4.53. The molecule has 0 spiro atoms. The van der Waals surface area contributed by atoms with E-state index in [-0.39, 0.29) is 36.5 Å². The smallest absolute Gasteiger partial charge is 0.338 e. The molecular formula is C28H24F3N3O2. The van der Waals surface area contributed by atoms with Crippen LogP contribution in [0, 0.1) is 0 Å². The summed E-state index contributed by atoms with van der Waals surface area (Å²) < 4.78 is 41.5. The molecule has 0 aliphatic carbocycles. The third-order valence-electron chi connectivity index (χ3n) is 6.58. The number of benzene rings is 3. The van der Waals surface area contributed by atoms with Crippen molar-refractivity contribution >= 4 is 16.9 Å². The van der Waals surface area contributed by atoms with E-state index in [2.05, 4.69) is 11.1 Å². The number of aryl methyl sites for hydroxylation is 1. The van der Waals surface area contributed by atoms with E-state index in [0.717, 1.165) is 29.7 Å². The van der Waals surface area contributed by atoms with Gasteiger partial charge in [0.15, 0.2) is 0 Å². The standard InChI is InChI=1S/C28H24F3N3O2/c29-28(30,31)22-10-12-25-24(16-22)32-23(27(36)34(25)17-19-6-2-1-3-7-19)11-13-26(35)33-15-14-20-8-4-5-9-21(20)18-33/h1-10,12,16H,11,13-15,17-18H2. The highest BCUT2D eigenvalue weighted by Crippen LogP contribution is 2.31. The molecule has 4 aromatic rings. The highest BCUT2D eigenvalue weighted by atomic mass is 19.4. The third kappa shape index (κ3) is 4.89. The highest BCUT2D eigenvalue weighted by molar-refractivity contribution is 5.78. The summed E-state index contributed by atoms with van der Waals surface area (Å²) in [6.45, 7) is 1.29. The molecule has 0 radical (unpaired) electrons. The summed E-state index contributed by atoms with van der Waals surface area (Å²) in [7, 11) is 0. The predicted octanol–water partition coefficient (Wildman–Crippen LogP) is 4.98. The molecule has 8 heteroatoms. The van der Waals surface area contributed by atoms with Gasteiger partial charge in [-0.1, -0.05) is 54.6 Å². The number of hydrogen-bond donors (Lipinski definition) is 0. The lowest BCUT2D eigenvalue weighted by atomic mass is 9.99. The number of fused-ring (bicyclic) bond motifs is 2. The summed E-state index contributed by atoms with van der Waals surface area (Å²) >= 11 is 0. The van der Waals surface area contributed by atoms with Gasteiger partial charge in [-0.05, 0) is 41.3 Å². The normalized spacial score (nSPS) is 13.6. The van der Waals surface area contributed by atoms with Crippen molar-refractivity contribution in [1.82, 2.24) is 14.5 Å². The first-order chi connectivity index (χ1) is 17.3. The molecule has 2 heterocycles. The molecule has 5 nitrogen and oxygen atoms in total. The van der Waals surface area contributed by atoms with E-state index in [1.54, 1.807) is 4.90 Å². The Kier molecular flexibility index (Phi) is 6.35. The Morgan fingerprint density at radius 3 is 2.42 bits per heavy atom. The molecule has 0 bridgehead atoms. The largest absolute Gasteiger partial charge is 0.416 e. The third-order valence-corrected chi connectivity index (χ3v) is 6.58. The fourth-order valence-electron chi connectivity index (χ4n) is 4.65. The number of amides is 1. The zero-order chi connectivity index (χ0) is 25.3. The van der Waals surface area contributed by atoms with E-state index in [1.165, 1.54) is 16.2 Å². The van der Waals surface area contributed by atoms with Crippen LogP contribution >= 0.6 is 0 Å². The summed E-state index contributed by atoms with van der Waals surface area (Å²) in [6.07, 6.45) is -3.66. The molecule has 184 valence electrons. The van der Waals surface area contributed by atoms with Gasteiger partial charge in [-0.25, -0.2) is 4.98 Å². The van der Waals surface area contributed by atoms with Gasteiger partial charge in [0.05, 0.1) is 23.1 Å². The maximum atomic E-state index is 13.4. The predicted molar refractivity (Wildman–Crippen MR) is 130 cm³/mol. The SMILES string of the molecule is O=C(CCc1nc2cc(C(F)(F)F)ccc2n(Cc2ccccc2)c1=O)N1CCc2ccccc2C1. The van der Waals surface area contributed by atoms with E-state index < -0.39 is 17.3 Å². The van der Waals surface area contributed by atoms with Crippen LogP contribution in [0.25, 0.3) is 11.0 Å². The maximum Gasteiger partial charge on any atom is 0.416 e. The topological polar surface area (TPSA) is 55.2 Å². The lowest BCUT2D eigenvalue weighted by molar-refractivity contribution is -0.137. The summed E-state index contributed by atoms with van der Waals surface area (Å²) in [4.78, 5) is 32.4. The Labute approximate surface area is 205 Å². The van der Waals surface area contributed by atoms with Crippen LogP contribution in [0.3, 0.4) is 0 Å². The van der Waals surface area contributed by atoms with Gasteiger partial charge >= 0.3 is 6.18 Å². The number of rotatable bonds is 5. The molecule has 0 N–H and O–H groups in total. The molecular weight excluding hydrogens is 467 g/mol. The van der Waals surface area contributed by atoms with Gasteiger partial charge in [-0.2, -0.15) is 13.2 Å². The van der Waals surface area contributed by atoms with Crippen LogP contribution in [-0.2, 0) is 36.9 Å². The Morgan fingerprint density at radius 2 is 1.67 bits per heavy atom. The van der Waals surface area contributed by atoms with Gasteiger partial charge in [-0.3, -0.25) is 9.59 Å². The fraction of sp³-hybridized carbons (Fsp3) is 0.250. The molecule has 0 unspecified atom stereocenters. The number of carbonyl (C=O) groups excluding carboxylic acids is 1. The lowest BCUT2D eigenvalue weighted by Crippen LogP contribution is -2.36. The van der Waals surface area contributed by atoms with Crippen LogP contribution in [0.1, 0.15) is 34.4 Å². The number of alkyl halides is 3. The Morgan fingerprint density at radius 1 is 0.944 bits per heavy atom. The van der Waals surface area contributed by atoms with Crippen molar-refractivity contribution in [3.63, 3.8) is 0 Å². The number of hydrogen-bond acceptors (Lipinski definition) is 3. The van der Waals surface area contributed by atoms with E-state index in [4.69, 9.17) is 0 Å². The second-order valence-corrected chi connectivity index (χ2v) is 8.97. The van der Waals surface area contributed by atoms with Crippen LogP contribution in [0.15, 0.2) is 77.6 Å². The Bertz CT molecular complexity index is 1480. The second-order valence-electron chi connectivity index (χ2n) is 8.97. The van der Waals surface area contributed by atoms with Gasteiger partial charge in [0, 0.05) is 25.9 Å². The molecule has 3 aromatic carbocycles. The fourth-order valence-corrected chi connectivity index (χ4v) is 4.65. The molecule has 1 aromatic heterocycles. The van der Waals surface area contributed by atoms with Gasteiger partial charge in [0.2, 0.25) is 5.91 Å². The minimum Gasteiger partial charge on any atom is -0.338 e. The first-order valence-corrected chi connectivity index (χ1v) is 11.8. The van der Waals surface area contributed by atoms with Crippen molar-refractivity contribution in [3.8, 4) is 0 Å². The van der Waals surface area contributed by atoms with E-state index in [0.29, 0.717) is 18.6 Å². The lowest BCUT2D eigenvalue weighted by Gasteiger charge is -2.29. The molecule has 5 rings (SSSR count). The molecule has 0 atom stereocenters. The molecule has 1 aliphatic rings. The van der Waals surface area contributed by atoms with E-state index in [9.17, 15) is 22.8 Å². The molecule has 0 saturated heterocycles. The van der Waals surface area contributed by atoms with Crippen molar-refractivity contribution in [1.29, 1.82) is 0 Å². The maximum absolute atomic E-state index is 13.4. The van der Waals surface area contributed by atoms with E-state index >= 15 is 0 Å².